The zero-order valence-electron chi connectivity index (χ0n) is 21.1. The first-order valence-electron chi connectivity index (χ1n) is 12.3. The number of carbonyl (C=O) groups is 2. The van der Waals surface area contributed by atoms with Gasteiger partial charge in [-0.25, -0.2) is 0 Å². The van der Waals surface area contributed by atoms with E-state index in [1.807, 2.05) is 56.3 Å². The third-order valence-electron chi connectivity index (χ3n) is 6.23. The second kappa shape index (κ2) is 11.6. The van der Waals surface area contributed by atoms with Crippen LogP contribution in [0.5, 0.6) is 11.5 Å². The van der Waals surface area contributed by atoms with Crippen molar-refractivity contribution in [3.05, 3.63) is 113 Å². The monoisotopic (exact) mass is 497 g/mol. The number of benzene rings is 3. The zero-order valence-corrected chi connectivity index (χ0v) is 21.1. The van der Waals surface area contributed by atoms with Gasteiger partial charge in [-0.15, -0.1) is 0 Å². The van der Waals surface area contributed by atoms with E-state index >= 15 is 0 Å². The fourth-order valence-electron chi connectivity index (χ4n) is 4.48. The van der Waals surface area contributed by atoms with E-state index in [0.29, 0.717) is 48.8 Å². The molecule has 3 aromatic carbocycles. The van der Waals surface area contributed by atoms with Crippen molar-refractivity contribution in [3.63, 3.8) is 0 Å². The van der Waals surface area contributed by atoms with E-state index in [2.05, 4.69) is 6.58 Å². The van der Waals surface area contributed by atoms with Gasteiger partial charge in [0, 0.05) is 12.1 Å². The van der Waals surface area contributed by atoms with Crippen LogP contribution in [0.1, 0.15) is 41.6 Å². The number of aliphatic hydroxyl groups excluding tert-OH is 1. The predicted octanol–water partition coefficient (Wildman–Crippen LogP) is 5.97. The van der Waals surface area contributed by atoms with Crippen LogP contribution in [0.15, 0.2) is 91.0 Å². The molecule has 190 valence electrons. The number of ketones is 1. The molecule has 0 saturated carbocycles. The summed E-state index contributed by atoms with van der Waals surface area (Å²) in [6, 6.07) is 21.6. The van der Waals surface area contributed by atoms with E-state index in [1.165, 1.54) is 4.90 Å². The molecule has 1 aliphatic heterocycles. The Balaban J connectivity index is 1.70. The molecule has 1 heterocycles. The van der Waals surface area contributed by atoms with Crippen molar-refractivity contribution in [2.24, 2.45) is 0 Å². The van der Waals surface area contributed by atoms with Gasteiger partial charge in [-0.1, -0.05) is 62.0 Å². The summed E-state index contributed by atoms with van der Waals surface area (Å²) in [7, 11) is 0. The molecule has 0 aliphatic carbocycles. The Hall–Kier alpha value is -4.32. The van der Waals surface area contributed by atoms with Gasteiger partial charge in [0.15, 0.2) is 0 Å². The highest BCUT2D eigenvalue weighted by atomic mass is 16.5. The Labute approximate surface area is 217 Å². The van der Waals surface area contributed by atoms with Crippen LogP contribution in [0.2, 0.25) is 0 Å². The smallest absolute Gasteiger partial charge is 0.295 e. The Kier molecular flexibility index (Phi) is 8.08. The molecule has 1 N–H and O–H groups in total. The van der Waals surface area contributed by atoms with E-state index < -0.39 is 17.7 Å². The lowest BCUT2D eigenvalue weighted by molar-refractivity contribution is -0.139. The highest BCUT2D eigenvalue weighted by molar-refractivity contribution is 6.46. The third-order valence-corrected chi connectivity index (χ3v) is 6.23. The molecule has 0 spiro atoms. The van der Waals surface area contributed by atoms with E-state index in [4.69, 9.17) is 9.47 Å². The lowest BCUT2D eigenvalue weighted by Gasteiger charge is -2.25. The summed E-state index contributed by atoms with van der Waals surface area (Å²) in [5, 5.41) is 11.4. The normalized spacial score (nSPS) is 16.6. The summed E-state index contributed by atoms with van der Waals surface area (Å²) in [5.41, 5.74) is 3.05. The minimum atomic E-state index is -0.721. The predicted molar refractivity (Wildman–Crippen MR) is 143 cm³/mol. The van der Waals surface area contributed by atoms with Crippen LogP contribution in [0, 0.1) is 6.92 Å². The standard InChI is InChI=1S/C31H31NO5/c1-4-16-32-28(23-12-9-13-25(19-23)36-17-5-2)27(30(34)31(32)35)29(33)24-14-15-26(21(3)18-24)37-20-22-10-7-6-8-11-22/h5-15,18-19,28,33H,2,4,16-17,20H2,1,3H3/b29-27+. The minimum Gasteiger partial charge on any atom is -0.507 e. The molecule has 37 heavy (non-hydrogen) atoms. The van der Waals surface area contributed by atoms with Crippen molar-refractivity contribution in [2.45, 2.75) is 32.9 Å². The van der Waals surface area contributed by atoms with Crippen LogP contribution >= 0.6 is 0 Å². The first kappa shape index (κ1) is 25.8. The number of aryl methyl sites for hydroxylation is 1. The van der Waals surface area contributed by atoms with Crippen LogP contribution in [0.3, 0.4) is 0 Å². The summed E-state index contributed by atoms with van der Waals surface area (Å²) in [6.45, 7) is 8.62. The van der Waals surface area contributed by atoms with Gasteiger partial charge >= 0.3 is 0 Å². The lowest BCUT2D eigenvalue weighted by Crippen LogP contribution is -2.30. The molecule has 0 radical (unpaired) electrons. The SMILES string of the molecule is C=CCOc1cccc(C2/C(=C(\O)c3ccc(OCc4ccccc4)c(C)c3)C(=O)C(=O)N2CCC)c1. The Morgan fingerprint density at radius 2 is 1.81 bits per heavy atom. The maximum absolute atomic E-state index is 13.2. The average Bonchev–Trinajstić information content (AvgIpc) is 3.17. The fourth-order valence-corrected chi connectivity index (χ4v) is 4.48. The second-order valence-electron chi connectivity index (χ2n) is 8.92. The Morgan fingerprint density at radius 3 is 2.51 bits per heavy atom. The largest absolute Gasteiger partial charge is 0.507 e. The highest BCUT2D eigenvalue weighted by Crippen LogP contribution is 2.40. The Bertz CT molecular complexity index is 1330. The molecule has 1 amide bonds. The molecule has 6 nitrogen and oxygen atoms in total. The van der Waals surface area contributed by atoms with E-state index in [0.717, 1.165) is 11.1 Å². The van der Waals surface area contributed by atoms with Crippen molar-refractivity contribution in [2.75, 3.05) is 13.2 Å². The second-order valence-corrected chi connectivity index (χ2v) is 8.92. The third kappa shape index (κ3) is 5.59. The average molecular weight is 498 g/mol. The zero-order chi connectivity index (χ0) is 26.4. The molecule has 4 rings (SSSR count). The molecule has 1 unspecified atom stereocenters. The first-order chi connectivity index (χ1) is 17.9. The summed E-state index contributed by atoms with van der Waals surface area (Å²) in [4.78, 5) is 27.7. The molecule has 1 atom stereocenters. The molecule has 6 heteroatoms. The van der Waals surface area contributed by atoms with E-state index in [1.54, 1.807) is 36.4 Å². The number of hydrogen-bond acceptors (Lipinski definition) is 5. The number of amides is 1. The number of ether oxygens (including phenoxy) is 2. The van der Waals surface area contributed by atoms with Crippen molar-refractivity contribution < 1.29 is 24.2 Å². The number of Topliss-reactive ketones (excluding diaryl/α,β-unsaturated/α-hetero) is 1. The molecule has 3 aromatic rings. The highest BCUT2D eigenvalue weighted by Gasteiger charge is 2.45. The van der Waals surface area contributed by atoms with Gasteiger partial charge in [0.2, 0.25) is 0 Å². The van der Waals surface area contributed by atoms with Crippen molar-refractivity contribution in [3.8, 4) is 11.5 Å². The molecular weight excluding hydrogens is 466 g/mol. The van der Waals surface area contributed by atoms with Crippen LogP contribution in [0.25, 0.3) is 5.76 Å². The fraction of sp³-hybridized carbons (Fsp3) is 0.226. The number of aliphatic hydroxyl groups is 1. The number of carbonyl (C=O) groups excluding carboxylic acids is 2. The molecule has 1 fully saturated rings. The molecule has 1 aliphatic rings. The summed E-state index contributed by atoms with van der Waals surface area (Å²) < 4.78 is 11.6. The van der Waals surface area contributed by atoms with E-state index in [-0.39, 0.29) is 11.3 Å². The summed E-state index contributed by atoms with van der Waals surface area (Å²) in [6.07, 6.45) is 2.31. The van der Waals surface area contributed by atoms with Gasteiger partial charge < -0.3 is 19.5 Å². The van der Waals surface area contributed by atoms with Gasteiger partial charge in [-0.3, -0.25) is 9.59 Å². The van der Waals surface area contributed by atoms with Crippen LogP contribution in [-0.2, 0) is 16.2 Å². The minimum absolute atomic E-state index is 0.0664. The lowest BCUT2D eigenvalue weighted by atomic mass is 9.94. The van der Waals surface area contributed by atoms with Gasteiger partial charge in [0.05, 0.1) is 11.6 Å². The van der Waals surface area contributed by atoms with Gasteiger partial charge in [0.25, 0.3) is 11.7 Å². The maximum Gasteiger partial charge on any atom is 0.295 e. The van der Waals surface area contributed by atoms with Crippen LogP contribution in [-0.4, -0.2) is 34.8 Å². The molecule has 0 aromatic heterocycles. The molecular formula is C31H31NO5. The Morgan fingerprint density at radius 1 is 1.03 bits per heavy atom. The maximum atomic E-state index is 13.2. The molecule has 0 bridgehead atoms. The topological polar surface area (TPSA) is 76.1 Å². The number of rotatable bonds is 10. The van der Waals surface area contributed by atoms with Crippen molar-refractivity contribution >= 4 is 17.4 Å². The van der Waals surface area contributed by atoms with Crippen molar-refractivity contribution in [1.82, 2.24) is 4.90 Å². The van der Waals surface area contributed by atoms with Crippen LogP contribution in [0.4, 0.5) is 0 Å². The number of likely N-dealkylation sites (tertiary alicyclic amines) is 1. The van der Waals surface area contributed by atoms with Gasteiger partial charge in [0.1, 0.15) is 30.5 Å². The first-order valence-corrected chi connectivity index (χ1v) is 12.3. The number of nitrogens with zero attached hydrogens (tertiary/aromatic N) is 1. The quantitative estimate of drug-likeness (QED) is 0.162. The van der Waals surface area contributed by atoms with Crippen molar-refractivity contribution in [1.29, 1.82) is 0 Å². The number of hydrogen-bond donors (Lipinski definition) is 1. The molecule has 1 saturated heterocycles. The van der Waals surface area contributed by atoms with E-state index in [9.17, 15) is 14.7 Å². The van der Waals surface area contributed by atoms with Gasteiger partial charge in [-0.05, 0) is 60.4 Å². The van der Waals surface area contributed by atoms with Gasteiger partial charge in [-0.2, -0.15) is 0 Å². The van der Waals surface area contributed by atoms with Crippen LogP contribution < -0.4 is 9.47 Å². The summed E-state index contributed by atoms with van der Waals surface area (Å²) in [5.74, 6) is -0.261. The summed E-state index contributed by atoms with van der Waals surface area (Å²) >= 11 is 0.